The van der Waals surface area contributed by atoms with Gasteiger partial charge in [0.15, 0.2) is 0 Å². The van der Waals surface area contributed by atoms with Crippen LogP contribution in [0.2, 0.25) is 0 Å². The van der Waals surface area contributed by atoms with Crippen molar-refractivity contribution in [1.29, 1.82) is 0 Å². The van der Waals surface area contributed by atoms with Crippen LogP contribution in [0.25, 0.3) is 0 Å². The van der Waals surface area contributed by atoms with E-state index in [1.165, 1.54) is 11.1 Å². The summed E-state index contributed by atoms with van der Waals surface area (Å²) in [6.45, 7) is 8.24. The molecule has 26 heavy (non-hydrogen) atoms. The summed E-state index contributed by atoms with van der Waals surface area (Å²) in [6, 6.07) is 6.42. The summed E-state index contributed by atoms with van der Waals surface area (Å²) < 4.78 is 5.35. The van der Waals surface area contributed by atoms with Crippen LogP contribution in [-0.4, -0.2) is 60.2 Å². The minimum absolute atomic E-state index is 0.202. The lowest BCUT2D eigenvalue weighted by Crippen LogP contribution is -2.52. The summed E-state index contributed by atoms with van der Waals surface area (Å²) in [5.41, 5.74) is 2.75. The van der Waals surface area contributed by atoms with E-state index in [1.54, 1.807) is 14.0 Å². The van der Waals surface area contributed by atoms with Gasteiger partial charge in [-0.25, -0.2) is 0 Å². The number of β-amino-alcohol motifs (C(OH)–C–C–N with tert-alkyl or cyclic N) is 1. The molecule has 0 bridgehead atoms. The number of aliphatic hydroxyl groups excluding tert-OH is 1. The number of aryl methyl sites for hydroxylation is 1. The third-order valence-corrected chi connectivity index (χ3v) is 6.01. The Labute approximate surface area is 156 Å². The van der Waals surface area contributed by atoms with Crippen LogP contribution >= 0.6 is 0 Å². The van der Waals surface area contributed by atoms with Gasteiger partial charge < -0.3 is 14.7 Å². The Morgan fingerprint density at radius 3 is 2.62 bits per heavy atom. The second-order valence-corrected chi connectivity index (χ2v) is 8.20. The average molecular weight is 360 g/mol. The number of hydrogen-bond donors (Lipinski definition) is 1. The van der Waals surface area contributed by atoms with Crippen LogP contribution < -0.4 is 4.74 Å². The molecule has 2 heterocycles. The molecule has 0 aromatic heterocycles. The first-order chi connectivity index (χ1) is 12.4. The summed E-state index contributed by atoms with van der Waals surface area (Å²) in [5, 5.41) is 9.66. The topological polar surface area (TPSA) is 53.0 Å². The van der Waals surface area contributed by atoms with Gasteiger partial charge in [0.25, 0.3) is 0 Å². The average Bonchev–Trinajstić information content (AvgIpc) is 2.60. The Kier molecular flexibility index (Phi) is 5.88. The van der Waals surface area contributed by atoms with E-state index in [2.05, 4.69) is 30.0 Å². The third kappa shape index (κ3) is 4.38. The molecule has 1 amide bonds. The first-order valence-corrected chi connectivity index (χ1v) is 9.72. The van der Waals surface area contributed by atoms with E-state index in [-0.39, 0.29) is 11.3 Å². The fourth-order valence-electron chi connectivity index (χ4n) is 4.48. The second-order valence-electron chi connectivity index (χ2n) is 8.20. The van der Waals surface area contributed by atoms with Crippen molar-refractivity contribution in [3.05, 3.63) is 29.3 Å². The molecule has 1 aromatic rings. The highest BCUT2D eigenvalue weighted by Gasteiger charge is 2.41. The molecule has 2 fully saturated rings. The molecule has 2 aliphatic rings. The van der Waals surface area contributed by atoms with Gasteiger partial charge in [-0.05, 0) is 68.8 Å². The van der Waals surface area contributed by atoms with E-state index in [9.17, 15) is 9.90 Å². The molecule has 0 aliphatic carbocycles. The van der Waals surface area contributed by atoms with Crippen molar-refractivity contribution in [2.45, 2.75) is 52.2 Å². The van der Waals surface area contributed by atoms with E-state index in [0.29, 0.717) is 13.0 Å². The van der Waals surface area contributed by atoms with Crippen molar-refractivity contribution in [2.75, 3.05) is 33.3 Å². The molecule has 0 saturated carbocycles. The molecule has 2 saturated heterocycles. The first kappa shape index (κ1) is 19.2. The smallest absolute Gasteiger partial charge is 0.222 e. The van der Waals surface area contributed by atoms with Crippen LogP contribution in [0.3, 0.4) is 0 Å². The molecule has 2 aliphatic heterocycles. The van der Waals surface area contributed by atoms with Crippen molar-refractivity contribution in [3.63, 3.8) is 0 Å². The molecule has 5 heteroatoms. The summed E-state index contributed by atoms with van der Waals surface area (Å²) in [5.74, 6) is 1.14. The van der Waals surface area contributed by atoms with Gasteiger partial charge >= 0.3 is 0 Å². The lowest BCUT2D eigenvalue weighted by molar-refractivity contribution is -0.140. The largest absolute Gasteiger partial charge is 0.496 e. The zero-order valence-electron chi connectivity index (χ0n) is 16.3. The van der Waals surface area contributed by atoms with E-state index in [1.807, 2.05) is 4.90 Å². The number of amides is 1. The van der Waals surface area contributed by atoms with Crippen molar-refractivity contribution in [1.82, 2.24) is 9.80 Å². The van der Waals surface area contributed by atoms with Crippen LogP contribution in [0.1, 0.15) is 43.7 Å². The van der Waals surface area contributed by atoms with Crippen molar-refractivity contribution in [3.8, 4) is 5.75 Å². The Bertz CT molecular complexity index is 636. The van der Waals surface area contributed by atoms with Gasteiger partial charge in [0.1, 0.15) is 5.75 Å². The maximum Gasteiger partial charge on any atom is 0.222 e. The number of likely N-dealkylation sites (tertiary alicyclic amines) is 2. The van der Waals surface area contributed by atoms with E-state index >= 15 is 0 Å². The Morgan fingerprint density at radius 1 is 1.27 bits per heavy atom. The van der Waals surface area contributed by atoms with Crippen LogP contribution in [0.4, 0.5) is 0 Å². The fraction of sp³-hybridized carbons (Fsp3) is 0.667. The number of carbonyl (C=O) groups is 1. The summed E-state index contributed by atoms with van der Waals surface area (Å²) in [6.07, 6.45) is 3.44. The number of benzene rings is 1. The third-order valence-electron chi connectivity index (χ3n) is 6.01. The molecule has 3 rings (SSSR count). The van der Waals surface area contributed by atoms with Crippen LogP contribution in [0.15, 0.2) is 18.2 Å². The Balaban J connectivity index is 1.57. The highest BCUT2D eigenvalue weighted by Crippen LogP contribution is 2.40. The van der Waals surface area contributed by atoms with Crippen LogP contribution in [-0.2, 0) is 11.3 Å². The zero-order valence-corrected chi connectivity index (χ0v) is 16.3. The molecule has 144 valence electrons. The highest BCUT2D eigenvalue weighted by atomic mass is 16.5. The van der Waals surface area contributed by atoms with Gasteiger partial charge in [0.05, 0.1) is 13.2 Å². The minimum atomic E-state index is -0.451. The van der Waals surface area contributed by atoms with Crippen molar-refractivity contribution < 1.29 is 14.6 Å². The molecular weight excluding hydrogens is 328 g/mol. The van der Waals surface area contributed by atoms with Crippen LogP contribution in [0, 0.1) is 12.3 Å². The van der Waals surface area contributed by atoms with Gasteiger partial charge in [0.2, 0.25) is 5.91 Å². The van der Waals surface area contributed by atoms with Gasteiger partial charge in [-0.2, -0.15) is 0 Å². The molecule has 0 unspecified atom stereocenters. The summed E-state index contributed by atoms with van der Waals surface area (Å²) in [4.78, 5) is 16.5. The van der Waals surface area contributed by atoms with Crippen molar-refractivity contribution in [2.24, 2.45) is 5.41 Å². The molecule has 1 aromatic carbocycles. The fourth-order valence-corrected chi connectivity index (χ4v) is 4.48. The van der Waals surface area contributed by atoms with Gasteiger partial charge in [-0.15, -0.1) is 0 Å². The predicted molar refractivity (Wildman–Crippen MR) is 102 cm³/mol. The Morgan fingerprint density at radius 2 is 2.00 bits per heavy atom. The van der Waals surface area contributed by atoms with E-state index < -0.39 is 6.10 Å². The number of nitrogens with zero attached hydrogens (tertiary/aromatic N) is 2. The number of methoxy groups -OCH3 is 1. The maximum absolute atomic E-state index is 12.1. The SMILES string of the molecule is COc1ccc(CN2CCC3(CCC(=O)N(C[C@@H](C)O)C3)CC2)cc1C. The molecule has 1 atom stereocenters. The van der Waals surface area contributed by atoms with Gasteiger partial charge in [-0.1, -0.05) is 12.1 Å². The summed E-state index contributed by atoms with van der Waals surface area (Å²) >= 11 is 0. The standard InChI is InChI=1S/C21H32N2O3/c1-16-12-18(4-5-19(16)26-3)14-22-10-8-21(9-11-22)7-6-20(25)23(15-21)13-17(2)24/h4-5,12,17,24H,6-11,13-15H2,1-3H3/t17-/m1/s1. The summed E-state index contributed by atoms with van der Waals surface area (Å²) in [7, 11) is 1.71. The minimum Gasteiger partial charge on any atom is -0.496 e. The molecule has 1 N–H and O–H groups in total. The molecular formula is C21H32N2O3. The molecule has 1 spiro atoms. The highest BCUT2D eigenvalue weighted by molar-refractivity contribution is 5.77. The van der Waals surface area contributed by atoms with Gasteiger partial charge in [0, 0.05) is 26.1 Å². The number of hydrogen-bond acceptors (Lipinski definition) is 4. The zero-order chi connectivity index (χ0) is 18.7. The first-order valence-electron chi connectivity index (χ1n) is 9.72. The van der Waals surface area contributed by atoms with E-state index in [0.717, 1.165) is 51.2 Å². The quantitative estimate of drug-likeness (QED) is 0.877. The van der Waals surface area contributed by atoms with Crippen LogP contribution in [0.5, 0.6) is 5.75 Å². The second kappa shape index (κ2) is 7.97. The predicted octanol–water partition coefficient (Wildman–Crippen LogP) is 2.59. The number of ether oxygens (including phenoxy) is 1. The number of piperidine rings is 2. The van der Waals surface area contributed by atoms with E-state index in [4.69, 9.17) is 4.74 Å². The lowest BCUT2D eigenvalue weighted by atomic mass is 9.72. The number of rotatable bonds is 5. The Hall–Kier alpha value is -1.59. The lowest BCUT2D eigenvalue weighted by Gasteiger charge is -2.47. The maximum atomic E-state index is 12.1. The number of carbonyl (C=O) groups excluding carboxylic acids is 1. The monoisotopic (exact) mass is 360 g/mol. The molecule has 5 nitrogen and oxygen atoms in total. The number of aliphatic hydroxyl groups is 1. The van der Waals surface area contributed by atoms with Gasteiger partial charge in [-0.3, -0.25) is 9.69 Å². The molecule has 0 radical (unpaired) electrons. The normalized spacial score (nSPS) is 21.8. The van der Waals surface area contributed by atoms with Crippen molar-refractivity contribution >= 4 is 5.91 Å².